The molecule has 0 radical (unpaired) electrons. The first-order valence-electron chi connectivity index (χ1n) is 5.18. The third-order valence-electron chi connectivity index (χ3n) is 2.36. The summed E-state index contributed by atoms with van der Waals surface area (Å²) >= 11 is 11.5. The van der Waals surface area contributed by atoms with Gasteiger partial charge in [-0.3, -0.25) is 0 Å². The van der Waals surface area contributed by atoms with Crippen molar-refractivity contribution in [3.05, 3.63) is 16.5 Å². The summed E-state index contributed by atoms with van der Waals surface area (Å²) in [5, 5.41) is 0.490. The molecule has 1 saturated heterocycles. The highest BCUT2D eigenvalue weighted by molar-refractivity contribution is 6.32. The van der Waals surface area contributed by atoms with E-state index in [9.17, 15) is 0 Å². The van der Waals surface area contributed by atoms with Gasteiger partial charge in [-0.15, -0.1) is 0 Å². The molecule has 0 aliphatic carbocycles. The van der Waals surface area contributed by atoms with Crippen LogP contribution in [0.1, 0.15) is 19.3 Å². The molecule has 0 spiro atoms. The van der Waals surface area contributed by atoms with Crippen LogP contribution in [0.25, 0.3) is 0 Å². The summed E-state index contributed by atoms with van der Waals surface area (Å²) in [6.45, 7) is 1.25. The standard InChI is InChI=1S/C10H12Cl2N2O2/c11-8-5-13-10(12)14-9(8)16-6-7-3-1-2-4-15-7/h5,7H,1-4,6H2. The van der Waals surface area contributed by atoms with Gasteiger partial charge in [0.05, 0.1) is 12.3 Å². The minimum Gasteiger partial charge on any atom is -0.474 e. The lowest BCUT2D eigenvalue weighted by Gasteiger charge is -2.22. The van der Waals surface area contributed by atoms with Crippen LogP contribution in [0, 0.1) is 0 Å². The van der Waals surface area contributed by atoms with Gasteiger partial charge in [0.2, 0.25) is 11.2 Å². The predicted molar refractivity (Wildman–Crippen MR) is 61.1 cm³/mol. The molecular weight excluding hydrogens is 251 g/mol. The lowest BCUT2D eigenvalue weighted by atomic mass is 10.1. The zero-order valence-corrected chi connectivity index (χ0v) is 10.2. The van der Waals surface area contributed by atoms with Crippen LogP contribution in [-0.2, 0) is 4.74 Å². The van der Waals surface area contributed by atoms with E-state index >= 15 is 0 Å². The Kier molecular flexibility index (Phi) is 4.21. The van der Waals surface area contributed by atoms with E-state index in [2.05, 4.69) is 9.97 Å². The first kappa shape index (κ1) is 11.9. The van der Waals surface area contributed by atoms with E-state index in [4.69, 9.17) is 32.7 Å². The van der Waals surface area contributed by atoms with E-state index in [1.54, 1.807) is 0 Å². The van der Waals surface area contributed by atoms with Gasteiger partial charge in [-0.2, -0.15) is 4.98 Å². The Morgan fingerprint density at radius 3 is 3.06 bits per heavy atom. The van der Waals surface area contributed by atoms with Crippen LogP contribution in [0.3, 0.4) is 0 Å². The summed E-state index contributed by atoms with van der Waals surface area (Å²) in [4.78, 5) is 7.65. The molecule has 1 atom stereocenters. The van der Waals surface area contributed by atoms with E-state index in [1.807, 2.05) is 0 Å². The fourth-order valence-corrected chi connectivity index (χ4v) is 1.81. The molecule has 0 N–H and O–H groups in total. The minimum absolute atomic E-state index is 0.124. The van der Waals surface area contributed by atoms with Gasteiger partial charge in [0.1, 0.15) is 11.6 Å². The fourth-order valence-electron chi connectivity index (χ4n) is 1.54. The Hall–Kier alpha value is -0.580. The van der Waals surface area contributed by atoms with E-state index < -0.39 is 0 Å². The summed E-state index contributed by atoms with van der Waals surface area (Å²) in [5.41, 5.74) is 0. The van der Waals surface area contributed by atoms with Crippen molar-refractivity contribution in [2.45, 2.75) is 25.4 Å². The van der Waals surface area contributed by atoms with E-state index in [0.29, 0.717) is 17.5 Å². The maximum atomic E-state index is 5.86. The molecule has 0 bridgehead atoms. The van der Waals surface area contributed by atoms with Crippen molar-refractivity contribution in [3.8, 4) is 5.88 Å². The third-order valence-corrected chi connectivity index (χ3v) is 2.80. The molecular formula is C10H12Cl2N2O2. The molecule has 1 unspecified atom stereocenters. The number of nitrogens with zero attached hydrogens (tertiary/aromatic N) is 2. The molecule has 1 aliphatic rings. The molecule has 2 heterocycles. The van der Waals surface area contributed by atoms with Crippen LogP contribution in [-0.4, -0.2) is 29.3 Å². The normalized spacial score (nSPS) is 20.8. The second-order valence-electron chi connectivity index (χ2n) is 3.59. The molecule has 1 aliphatic heterocycles. The first-order chi connectivity index (χ1) is 7.75. The van der Waals surface area contributed by atoms with Crippen LogP contribution in [0.5, 0.6) is 5.88 Å². The van der Waals surface area contributed by atoms with E-state index in [1.165, 1.54) is 12.6 Å². The van der Waals surface area contributed by atoms with Crippen molar-refractivity contribution in [2.75, 3.05) is 13.2 Å². The maximum Gasteiger partial charge on any atom is 0.237 e. The van der Waals surface area contributed by atoms with Crippen molar-refractivity contribution < 1.29 is 9.47 Å². The molecule has 6 heteroatoms. The highest BCUT2D eigenvalue weighted by atomic mass is 35.5. The topological polar surface area (TPSA) is 44.2 Å². The average Bonchev–Trinajstić information content (AvgIpc) is 2.32. The Labute approximate surface area is 104 Å². The number of hydrogen-bond acceptors (Lipinski definition) is 4. The van der Waals surface area contributed by atoms with Gasteiger partial charge in [-0.25, -0.2) is 4.98 Å². The van der Waals surface area contributed by atoms with Gasteiger partial charge in [-0.05, 0) is 30.9 Å². The van der Waals surface area contributed by atoms with Gasteiger partial charge >= 0.3 is 0 Å². The summed E-state index contributed by atoms with van der Waals surface area (Å²) in [6, 6.07) is 0. The summed E-state index contributed by atoms with van der Waals surface area (Å²) in [6.07, 6.45) is 4.85. The van der Waals surface area contributed by atoms with Crippen LogP contribution in [0.15, 0.2) is 6.20 Å². The van der Waals surface area contributed by atoms with Gasteiger partial charge in [0.15, 0.2) is 0 Å². The summed E-state index contributed by atoms with van der Waals surface area (Å²) in [5.74, 6) is 0.316. The van der Waals surface area contributed by atoms with Crippen LogP contribution in [0.2, 0.25) is 10.3 Å². The van der Waals surface area contributed by atoms with Gasteiger partial charge in [0.25, 0.3) is 0 Å². The zero-order chi connectivity index (χ0) is 11.4. The second kappa shape index (κ2) is 5.66. The smallest absolute Gasteiger partial charge is 0.237 e. The van der Waals surface area contributed by atoms with Crippen LogP contribution < -0.4 is 4.74 Å². The minimum atomic E-state index is 0.124. The predicted octanol–water partition coefficient (Wildman–Crippen LogP) is 2.73. The Bertz CT molecular complexity index is 357. The molecule has 0 saturated carbocycles. The molecule has 0 amide bonds. The van der Waals surface area contributed by atoms with Crippen LogP contribution in [0.4, 0.5) is 0 Å². The number of ether oxygens (including phenoxy) is 2. The second-order valence-corrected chi connectivity index (χ2v) is 4.34. The molecule has 88 valence electrons. The van der Waals surface area contributed by atoms with E-state index in [-0.39, 0.29) is 11.4 Å². The molecule has 2 rings (SSSR count). The fraction of sp³-hybridized carbons (Fsp3) is 0.600. The lowest BCUT2D eigenvalue weighted by molar-refractivity contribution is -0.0119. The SMILES string of the molecule is Clc1ncc(Cl)c(OCC2CCCCO2)n1. The number of hydrogen-bond donors (Lipinski definition) is 0. The molecule has 16 heavy (non-hydrogen) atoms. The monoisotopic (exact) mass is 262 g/mol. The quantitative estimate of drug-likeness (QED) is 0.786. The van der Waals surface area contributed by atoms with Gasteiger partial charge in [0, 0.05) is 6.61 Å². The van der Waals surface area contributed by atoms with Crippen molar-refractivity contribution >= 4 is 23.2 Å². The van der Waals surface area contributed by atoms with Crippen molar-refractivity contribution in [1.82, 2.24) is 9.97 Å². The van der Waals surface area contributed by atoms with Crippen molar-refractivity contribution in [3.63, 3.8) is 0 Å². The van der Waals surface area contributed by atoms with E-state index in [0.717, 1.165) is 19.4 Å². The lowest BCUT2D eigenvalue weighted by Crippen LogP contribution is -2.26. The highest BCUT2D eigenvalue weighted by Crippen LogP contribution is 2.23. The average molecular weight is 263 g/mol. The molecule has 4 nitrogen and oxygen atoms in total. The third kappa shape index (κ3) is 3.20. The number of aromatic nitrogens is 2. The Balaban J connectivity index is 1.90. The van der Waals surface area contributed by atoms with Gasteiger partial charge < -0.3 is 9.47 Å². The molecule has 1 fully saturated rings. The molecule has 1 aromatic heterocycles. The Morgan fingerprint density at radius 1 is 1.44 bits per heavy atom. The first-order valence-corrected chi connectivity index (χ1v) is 5.94. The number of rotatable bonds is 3. The molecule has 1 aromatic rings. The summed E-state index contributed by atoms with van der Waals surface area (Å²) < 4.78 is 11.0. The largest absolute Gasteiger partial charge is 0.474 e. The number of halogens is 2. The Morgan fingerprint density at radius 2 is 2.31 bits per heavy atom. The van der Waals surface area contributed by atoms with Crippen molar-refractivity contribution in [1.29, 1.82) is 0 Å². The highest BCUT2D eigenvalue weighted by Gasteiger charge is 2.15. The van der Waals surface area contributed by atoms with Crippen molar-refractivity contribution in [2.24, 2.45) is 0 Å². The zero-order valence-electron chi connectivity index (χ0n) is 8.66. The maximum absolute atomic E-state index is 5.86. The van der Waals surface area contributed by atoms with Crippen LogP contribution >= 0.6 is 23.2 Å². The molecule has 0 aromatic carbocycles. The summed E-state index contributed by atoms with van der Waals surface area (Å²) in [7, 11) is 0. The van der Waals surface area contributed by atoms with Gasteiger partial charge in [-0.1, -0.05) is 11.6 Å².